The SMILES string of the molecule is CCOC(=O)N/N=C/c1cnc(COC)[nH]1. The third kappa shape index (κ3) is 4.09. The Kier molecular flexibility index (Phi) is 5.00. The molecule has 1 heterocycles. The molecule has 0 unspecified atom stereocenters. The molecule has 0 atom stereocenters. The number of aromatic nitrogens is 2. The number of aromatic amines is 1. The first kappa shape index (κ1) is 12.2. The Morgan fingerprint density at radius 1 is 1.75 bits per heavy atom. The average Bonchev–Trinajstić information content (AvgIpc) is 2.67. The summed E-state index contributed by atoms with van der Waals surface area (Å²) in [5, 5.41) is 3.67. The van der Waals surface area contributed by atoms with Crippen LogP contribution in [0.5, 0.6) is 0 Å². The van der Waals surface area contributed by atoms with Crippen LogP contribution >= 0.6 is 0 Å². The Morgan fingerprint density at radius 3 is 3.25 bits per heavy atom. The summed E-state index contributed by atoms with van der Waals surface area (Å²) in [5.41, 5.74) is 2.87. The summed E-state index contributed by atoms with van der Waals surface area (Å²) in [6.45, 7) is 2.43. The number of methoxy groups -OCH3 is 1. The number of rotatable bonds is 5. The topological polar surface area (TPSA) is 88.6 Å². The summed E-state index contributed by atoms with van der Waals surface area (Å²) in [6.07, 6.45) is 2.43. The van der Waals surface area contributed by atoms with Crippen LogP contribution in [0.2, 0.25) is 0 Å². The van der Waals surface area contributed by atoms with Crippen molar-refractivity contribution >= 4 is 12.3 Å². The highest BCUT2D eigenvalue weighted by atomic mass is 16.5. The van der Waals surface area contributed by atoms with Crippen molar-refractivity contribution in [2.45, 2.75) is 13.5 Å². The van der Waals surface area contributed by atoms with E-state index in [0.717, 1.165) is 0 Å². The highest BCUT2D eigenvalue weighted by Crippen LogP contribution is 1.95. The van der Waals surface area contributed by atoms with Crippen LogP contribution in [-0.4, -0.2) is 36.0 Å². The van der Waals surface area contributed by atoms with E-state index in [-0.39, 0.29) is 0 Å². The lowest BCUT2D eigenvalue weighted by molar-refractivity contribution is 0.152. The summed E-state index contributed by atoms with van der Waals surface area (Å²) in [5.74, 6) is 0.695. The maximum atomic E-state index is 10.8. The molecule has 1 aromatic rings. The van der Waals surface area contributed by atoms with Gasteiger partial charge in [-0.1, -0.05) is 0 Å². The molecule has 1 rings (SSSR count). The molecule has 0 fully saturated rings. The van der Waals surface area contributed by atoms with Crippen molar-refractivity contribution in [1.29, 1.82) is 0 Å². The minimum atomic E-state index is -0.588. The molecule has 7 nitrogen and oxygen atoms in total. The smallest absolute Gasteiger partial charge is 0.427 e. The second-order valence-electron chi connectivity index (χ2n) is 2.81. The predicted octanol–water partition coefficient (Wildman–Crippen LogP) is 0.636. The van der Waals surface area contributed by atoms with E-state index in [1.165, 1.54) is 6.21 Å². The largest absolute Gasteiger partial charge is 0.449 e. The summed E-state index contributed by atoms with van der Waals surface area (Å²) in [4.78, 5) is 17.8. The molecular formula is C9H14N4O3. The molecule has 16 heavy (non-hydrogen) atoms. The van der Waals surface area contributed by atoms with Crippen molar-refractivity contribution in [2.75, 3.05) is 13.7 Å². The molecule has 0 aromatic carbocycles. The van der Waals surface area contributed by atoms with Gasteiger partial charge >= 0.3 is 6.09 Å². The standard InChI is InChI=1S/C9H14N4O3/c1-3-16-9(14)13-11-5-7-4-10-8(12-7)6-15-2/h4-5H,3,6H2,1-2H3,(H,10,12)(H,13,14)/b11-5+. The van der Waals surface area contributed by atoms with Crippen molar-refractivity contribution in [3.63, 3.8) is 0 Å². The van der Waals surface area contributed by atoms with E-state index in [9.17, 15) is 4.79 Å². The van der Waals surface area contributed by atoms with Gasteiger partial charge in [-0.25, -0.2) is 15.2 Å². The van der Waals surface area contributed by atoms with E-state index in [0.29, 0.717) is 24.7 Å². The van der Waals surface area contributed by atoms with E-state index in [1.807, 2.05) is 0 Å². The zero-order chi connectivity index (χ0) is 11.8. The molecule has 0 saturated carbocycles. The van der Waals surface area contributed by atoms with E-state index >= 15 is 0 Å². The third-order valence-electron chi connectivity index (χ3n) is 1.56. The Morgan fingerprint density at radius 2 is 2.56 bits per heavy atom. The number of amides is 1. The van der Waals surface area contributed by atoms with Crippen LogP contribution in [-0.2, 0) is 16.1 Å². The molecule has 0 aliphatic heterocycles. The molecule has 0 bridgehead atoms. The molecule has 88 valence electrons. The quantitative estimate of drug-likeness (QED) is 0.569. The van der Waals surface area contributed by atoms with Gasteiger partial charge in [0.05, 0.1) is 24.7 Å². The number of carbonyl (C=O) groups is 1. The first-order valence-electron chi connectivity index (χ1n) is 4.75. The number of nitrogens with one attached hydrogen (secondary N) is 2. The molecule has 0 aliphatic carbocycles. The molecule has 0 saturated heterocycles. The van der Waals surface area contributed by atoms with Crippen LogP contribution in [0.4, 0.5) is 4.79 Å². The van der Waals surface area contributed by atoms with Gasteiger partial charge in [-0.2, -0.15) is 5.10 Å². The average molecular weight is 226 g/mol. The number of H-pyrrole nitrogens is 1. The lowest BCUT2D eigenvalue weighted by Crippen LogP contribution is -2.18. The van der Waals surface area contributed by atoms with Gasteiger partial charge in [0.25, 0.3) is 0 Å². The van der Waals surface area contributed by atoms with Gasteiger partial charge < -0.3 is 14.5 Å². The lowest BCUT2D eigenvalue weighted by Gasteiger charge is -1.97. The maximum absolute atomic E-state index is 10.8. The number of ether oxygens (including phenoxy) is 2. The number of imidazole rings is 1. The fourth-order valence-corrected chi connectivity index (χ4v) is 0.972. The predicted molar refractivity (Wildman–Crippen MR) is 57.1 cm³/mol. The van der Waals surface area contributed by atoms with Gasteiger partial charge in [-0.3, -0.25) is 0 Å². The zero-order valence-electron chi connectivity index (χ0n) is 9.19. The monoisotopic (exact) mass is 226 g/mol. The van der Waals surface area contributed by atoms with Crippen LogP contribution in [0.1, 0.15) is 18.4 Å². The van der Waals surface area contributed by atoms with Crippen LogP contribution in [0, 0.1) is 0 Å². The highest BCUT2D eigenvalue weighted by molar-refractivity contribution is 5.78. The van der Waals surface area contributed by atoms with Gasteiger partial charge in [0, 0.05) is 7.11 Å². The molecule has 1 amide bonds. The van der Waals surface area contributed by atoms with Crippen molar-refractivity contribution in [2.24, 2.45) is 5.10 Å². The first-order valence-corrected chi connectivity index (χ1v) is 4.75. The first-order chi connectivity index (χ1) is 7.76. The Labute approximate surface area is 92.9 Å². The number of hydrazone groups is 1. The van der Waals surface area contributed by atoms with Gasteiger partial charge in [-0.05, 0) is 6.92 Å². The van der Waals surface area contributed by atoms with Crippen molar-refractivity contribution in [1.82, 2.24) is 15.4 Å². The van der Waals surface area contributed by atoms with Crippen LogP contribution < -0.4 is 5.43 Å². The minimum Gasteiger partial charge on any atom is -0.449 e. The molecule has 1 aromatic heterocycles. The van der Waals surface area contributed by atoms with Gasteiger partial charge in [0.1, 0.15) is 12.4 Å². The molecular weight excluding hydrogens is 212 g/mol. The van der Waals surface area contributed by atoms with Gasteiger partial charge in [0.15, 0.2) is 0 Å². The molecule has 0 spiro atoms. The van der Waals surface area contributed by atoms with E-state index in [1.54, 1.807) is 20.2 Å². The van der Waals surface area contributed by atoms with E-state index < -0.39 is 6.09 Å². The normalized spacial score (nSPS) is 10.6. The highest BCUT2D eigenvalue weighted by Gasteiger charge is 1.98. The Bertz CT molecular complexity index is 361. The minimum absolute atomic E-state index is 0.309. The zero-order valence-corrected chi connectivity index (χ0v) is 9.19. The van der Waals surface area contributed by atoms with E-state index in [2.05, 4.69) is 25.2 Å². The molecule has 2 N–H and O–H groups in total. The molecule has 0 aliphatic rings. The number of nitrogens with zero attached hydrogens (tertiary/aromatic N) is 2. The maximum Gasteiger partial charge on any atom is 0.427 e. The van der Waals surface area contributed by atoms with Crippen LogP contribution in [0.3, 0.4) is 0 Å². The Hall–Kier alpha value is -1.89. The van der Waals surface area contributed by atoms with E-state index in [4.69, 9.17) is 4.74 Å². The van der Waals surface area contributed by atoms with Gasteiger partial charge in [0.2, 0.25) is 0 Å². The second kappa shape index (κ2) is 6.57. The fourth-order valence-electron chi connectivity index (χ4n) is 0.972. The third-order valence-corrected chi connectivity index (χ3v) is 1.56. The molecule has 0 radical (unpaired) electrons. The Balaban J connectivity index is 2.40. The summed E-state index contributed by atoms with van der Waals surface area (Å²) in [6, 6.07) is 0. The summed E-state index contributed by atoms with van der Waals surface area (Å²) < 4.78 is 9.50. The summed E-state index contributed by atoms with van der Waals surface area (Å²) in [7, 11) is 1.58. The van der Waals surface area contributed by atoms with Crippen molar-refractivity contribution in [3.05, 3.63) is 17.7 Å². The van der Waals surface area contributed by atoms with Crippen LogP contribution in [0.25, 0.3) is 0 Å². The van der Waals surface area contributed by atoms with Crippen LogP contribution in [0.15, 0.2) is 11.3 Å². The lowest BCUT2D eigenvalue weighted by atomic mass is 10.5. The molecule has 7 heteroatoms. The number of hydrogen-bond donors (Lipinski definition) is 2. The van der Waals surface area contributed by atoms with Gasteiger partial charge in [-0.15, -0.1) is 0 Å². The number of carbonyl (C=O) groups excluding carboxylic acids is 1. The summed E-state index contributed by atoms with van der Waals surface area (Å²) >= 11 is 0. The number of hydrogen-bond acceptors (Lipinski definition) is 5. The second-order valence-corrected chi connectivity index (χ2v) is 2.81. The van der Waals surface area contributed by atoms with Crippen molar-refractivity contribution < 1.29 is 14.3 Å². The fraction of sp³-hybridized carbons (Fsp3) is 0.444. The van der Waals surface area contributed by atoms with Crippen molar-refractivity contribution in [3.8, 4) is 0 Å².